The lowest BCUT2D eigenvalue weighted by atomic mass is 10.1. The summed E-state index contributed by atoms with van der Waals surface area (Å²) < 4.78 is 5.07. The van der Waals surface area contributed by atoms with Gasteiger partial charge in [0.05, 0.1) is 18.6 Å². The number of carbonyl (C=O) groups is 2. The van der Waals surface area contributed by atoms with Crippen molar-refractivity contribution in [3.05, 3.63) is 29.8 Å². The van der Waals surface area contributed by atoms with Crippen LogP contribution in [0.2, 0.25) is 0 Å². The van der Waals surface area contributed by atoms with Gasteiger partial charge in [-0.15, -0.1) is 0 Å². The average molecular weight is 290 g/mol. The molecule has 1 saturated heterocycles. The molecule has 0 radical (unpaired) electrons. The lowest BCUT2D eigenvalue weighted by molar-refractivity contribution is -0.130. The van der Waals surface area contributed by atoms with Crippen molar-refractivity contribution in [2.75, 3.05) is 25.6 Å². The Bertz CT molecular complexity index is 530. The van der Waals surface area contributed by atoms with E-state index < -0.39 is 0 Å². The number of ether oxygens (including phenoxy) is 1. The summed E-state index contributed by atoms with van der Waals surface area (Å²) in [6.07, 6.45) is 0.270. The maximum atomic E-state index is 12.3. The molecule has 0 unspecified atom stereocenters. The van der Waals surface area contributed by atoms with Crippen LogP contribution in [-0.2, 0) is 14.3 Å². The van der Waals surface area contributed by atoms with E-state index in [0.29, 0.717) is 13.2 Å². The highest BCUT2D eigenvalue weighted by Gasteiger charge is 2.36. The molecule has 5 nitrogen and oxygen atoms in total. The standard InChI is InChI=1S/C16H22N2O3/c1-11-5-4-6-14(7-11)17-16(20)13-8-15(19)18(9-13)12(2)10-21-3/h4-7,12-13H,8-10H2,1-3H3,(H,17,20)/t12-,13+/m0/s1. The first-order valence-corrected chi connectivity index (χ1v) is 7.17. The predicted octanol–water partition coefficient (Wildman–Crippen LogP) is 1.82. The normalized spacial score (nSPS) is 19.7. The molecule has 0 aromatic heterocycles. The Hall–Kier alpha value is -1.88. The van der Waals surface area contributed by atoms with E-state index in [9.17, 15) is 9.59 Å². The highest BCUT2D eigenvalue weighted by molar-refractivity contribution is 5.97. The molecule has 0 bridgehead atoms. The van der Waals surface area contributed by atoms with Crippen LogP contribution in [0, 0.1) is 12.8 Å². The molecule has 0 saturated carbocycles. The summed E-state index contributed by atoms with van der Waals surface area (Å²) in [6, 6.07) is 7.65. The van der Waals surface area contributed by atoms with Gasteiger partial charge in [-0.1, -0.05) is 12.1 Å². The van der Waals surface area contributed by atoms with Crippen LogP contribution in [0.5, 0.6) is 0 Å². The van der Waals surface area contributed by atoms with E-state index in [0.717, 1.165) is 11.3 Å². The number of anilines is 1. The highest BCUT2D eigenvalue weighted by Crippen LogP contribution is 2.22. The molecule has 1 aromatic rings. The Balaban J connectivity index is 1.97. The number of carbonyl (C=O) groups excluding carboxylic acids is 2. The number of likely N-dealkylation sites (tertiary alicyclic amines) is 1. The summed E-state index contributed by atoms with van der Waals surface area (Å²) in [4.78, 5) is 26.0. The summed E-state index contributed by atoms with van der Waals surface area (Å²) in [5.41, 5.74) is 1.86. The Morgan fingerprint density at radius 1 is 1.52 bits per heavy atom. The zero-order valence-corrected chi connectivity index (χ0v) is 12.8. The molecule has 2 atom stereocenters. The maximum Gasteiger partial charge on any atom is 0.229 e. The van der Waals surface area contributed by atoms with Gasteiger partial charge in [0.2, 0.25) is 11.8 Å². The fraction of sp³-hybridized carbons (Fsp3) is 0.500. The highest BCUT2D eigenvalue weighted by atomic mass is 16.5. The Morgan fingerprint density at radius 2 is 2.29 bits per heavy atom. The van der Waals surface area contributed by atoms with E-state index in [2.05, 4.69) is 5.32 Å². The van der Waals surface area contributed by atoms with Gasteiger partial charge in [-0.2, -0.15) is 0 Å². The Morgan fingerprint density at radius 3 is 2.95 bits per heavy atom. The fourth-order valence-corrected chi connectivity index (χ4v) is 2.63. The minimum absolute atomic E-state index is 0.000676. The number of methoxy groups -OCH3 is 1. The molecular weight excluding hydrogens is 268 g/mol. The van der Waals surface area contributed by atoms with Gasteiger partial charge in [0, 0.05) is 25.8 Å². The predicted molar refractivity (Wildman–Crippen MR) is 81.0 cm³/mol. The molecule has 1 aliphatic rings. The van der Waals surface area contributed by atoms with Gasteiger partial charge >= 0.3 is 0 Å². The monoisotopic (exact) mass is 290 g/mol. The number of benzene rings is 1. The molecule has 0 spiro atoms. The van der Waals surface area contributed by atoms with E-state index in [1.54, 1.807) is 12.0 Å². The van der Waals surface area contributed by atoms with Crippen molar-refractivity contribution < 1.29 is 14.3 Å². The second kappa shape index (κ2) is 6.72. The fourth-order valence-electron chi connectivity index (χ4n) is 2.63. The van der Waals surface area contributed by atoms with Gasteiger partial charge in [-0.25, -0.2) is 0 Å². The smallest absolute Gasteiger partial charge is 0.229 e. The lowest BCUT2D eigenvalue weighted by Crippen LogP contribution is -2.38. The first kappa shape index (κ1) is 15.5. The molecular formula is C16H22N2O3. The van der Waals surface area contributed by atoms with Crippen molar-refractivity contribution in [3.8, 4) is 0 Å². The van der Waals surface area contributed by atoms with Crippen LogP contribution in [0.25, 0.3) is 0 Å². The van der Waals surface area contributed by atoms with Crippen molar-refractivity contribution in [2.45, 2.75) is 26.3 Å². The van der Waals surface area contributed by atoms with Crippen LogP contribution in [0.4, 0.5) is 5.69 Å². The molecule has 114 valence electrons. The van der Waals surface area contributed by atoms with Crippen LogP contribution in [0.15, 0.2) is 24.3 Å². The zero-order chi connectivity index (χ0) is 15.4. The number of aryl methyl sites for hydroxylation is 1. The van der Waals surface area contributed by atoms with Gasteiger partial charge in [0.1, 0.15) is 0 Å². The third-order valence-electron chi connectivity index (χ3n) is 3.75. The molecule has 1 fully saturated rings. The van der Waals surface area contributed by atoms with Crippen LogP contribution in [0.3, 0.4) is 0 Å². The first-order chi connectivity index (χ1) is 10.0. The maximum absolute atomic E-state index is 12.3. The Labute approximate surface area is 125 Å². The minimum Gasteiger partial charge on any atom is -0.383 e. The van der Waals surface area contributed by atoms with Crippen molar-refractivity contribution in [1.82, 2.24) is 4.90 Å². The van der Waals surface area contributed by atoms with Crippen molar-refractivity contribution in [1.29, 1.82) is 0 Å². The molecule has 0 aliphatic carbocycles. The van der Waals surface area contributed by atoms with Gasteiger partial charge < -0.3 is 15.0 Å². The topological polar surface area (TPSA) is 58.6 Å². The van der Waals surface area contributed by atoms with E-state index in [4.69, 9.17) is 4.74 Å². The number of nitrogens with one attached hydrogen (secondary N) is 1. The third-order valence-corrected chi connectivity index (χ3v) is 3.75. The van der Waals surface area contributed by atoms with Gasteiger partial charge in [0.25, 0.3) is 0 Å². The minimum atomic E-state index is -0.294. The third kappa shape index (κ3) is 3.82. The molecule has 1 heterocycles. The molecule has 1 aromatic carbocycles. The quantitative estimate of drug-likeness (QED) is 0.900. The van der Waals surface area contributed by atoms with Gasteiger partial charge in [-0.05, 0) is 31.5 Å². The van der Waals surface area contributed by atoms with Crippen LogP contribution < -0.4 is 5.32 Å². The van der Waals surface area contributed by atoms with Crippen molar-refractivity contribution >= 4 is 17.5 Å². The van der Waals surface area contributed by atoms with E-state index in [1.165, 1.54) is 0 Å². The van der Waals surface area contributed by atoms with Gasteiger partial charge in [-0.3, -0.25) is 9.59 Å². The zero-order valence-electron chi connectivity index (χ0n) is 12.8. The van der Waals surface area contributed by atoms with Crippen molar-refractivity contribution in [2.24, 2.45) is 5.92 Å². The van der Waals surface area contributed by atoms with Crippen LogP contribution >= 0.6 is 0 Å². The molecule has 2 rings (SSSR count). The number of nitrogens with zero attached hydrogens (tertiary/aromatic N) is 1. The second-order valence-corrected chi connectivity index (χ2v) is 5.61. The molecule has 2 amide bonds. The van der Waals surface area contributed by atoms with E-state index >= 15 is 0 Å². The number of rotatable bonds is 5. The van der Waals surface area contributed by atoms with Gasteiger partial charge in [0.15, 0.2) is 0 Å². The summed E-state index contributed by atoms with van der Waals surface area (Å²) in [7, 11) is 1.61. The largest absolute Gasteiger partial charge is 0.383 e. The molecule has 21 heavy (non-hydrogen) atoms. The average Bonchev–Trinajstić information content (AvgIpc) is 2.81. The van der Waals surface area contributed by atoms with E-state index in [1.807, 2.05) is 38.1 Å². The molecule has 1 N–H and O–H groups in total. The van der Waals surface area contributed by atoms with E-state index in [-0.39, 0.29) is 30.2 Å². The summed E-state index contributed by atoms with van der Waals surface area (Å²) >= 11 is 0. The van der Waals surface area contributed by atoms with Crippen LogP contribution in [-0.4, -0.2) is 43.0 Å². The molecule has 1 aliphatic heterocycles. The summed E-state index contributed by atoms with van der Waals surface area (Å²) in [5.74, 6) is -0.373. The first-order valence-electron chi connectivity index (χ1n) is 7.17. The lowest BCUT2D eigenvalue weighted by Gasteiger charge is -2.23. The number of hydrogen-bond acceptors (Lipinski definition) is 3. The summed E-state index contributed by atoms with van der Waals surface area (Å²) in [5, 5.41) is 2.89. The Kier molecular flexibility index (Phi) is 4.96. The molecule has 5 heteroatoms. The SMILES string of the molecule is COC[C@H](C)N1C[C@H](C(=O)Nc2cccc(C)c2)CC1=O. The summed E-state index contributed by atoms with van der Waals surface area (Å²) in [6.45, 7) is 4.85. The number of hydrogen-bond donors (Lipinski definition) is 1. The van der Waals surface area contributed by atoms with Crippen LogP contribution in [0.1, 0.15) is 18.9 Å². The number of amides is 2. The second-order valence-electron chi connectivity index (χ2n) is 5.61. The van der Waals surface area contributed by atoms with Crippen molar-refractivity contribution in [3.63, 3.8) is 0 Å².